The highest BCUT2D eigenvalue weighted by Gasteiger charge is 2.19. The lowest BCUT2D eigenvalue weighted by Gasteiger charge is -2.23. The topological polar surface area (TPSA) is 61.3 Å². The number of hydrogen-bond donors (Lipinski definition) is 0. The Hall–Kier alpha value is -3.21. The van der Waals surface area contributed by atoms with E-state index in [1.54, 1.807) is 31.5 Å². The van der Waals surface area contributed by atoms with Crippen molar-refractivity contribution >= 4 is 5.78 Å². The van der Waals surface area contributed by atoms with Gasteiger partial charge >= 0.3 is 0 Å². The van der Waals surface area contributed by atoms with Crippen LogP contribution in [0.15, 0.2) is 61.2 Å². The molecule has 1 unspecified atom stereocenters. The van der Waals surface area contributed by atoms with E-state index < -0.39 is 0 Å². The normalized spacial score (nSPS) is 11.7. The molecular formula is C26H30N2O3. The number of aryl methyl sites for hydroxylation is 1. The van der Waals surface area contributed by atoms with E-state index in [1.165, 1.54) is 11.9 Å². The first-order valence-electron chi connectivity index (χ1n) is 10.8. The molecule has 0 fully saturated rings. The molecule has 0 saturated heterocycles. The number of ketones is 1. The number of Topliss-reactive ketones (excluding diaryl/α,β-unsaturated/α-hetero) is 1. The molecule has 5 nitrogen and oxygen atoms in total. The van der Waals surface area contributed by atoms with Gasteiger partial charge in [0.05, 0.1) is 5.56 Å². The molecule has 0 aliphatic rings. The van der Waals surface area contributed by atoms with Crippen LogP contribution in [0.3, 0.4) is 0 Å². The number of unbranched alkanes of at least 4 members (excludes halogenated alkanes) is 2. The Balaban J connectivity index is 1.85. The lowest BCUT2D eigenvalue weighted by Crippen LogP contribution is -2.12. The molecule has 2 aromatic carbocycles. The van der Waals surface area contributed by atoms with Crippen LogP contribution in [0.25, 0.3) is 0 Å². The molecule has 1 heterocycles. The molecular weight excluding hydrogens is 388 g/mol. The van der Waals surface area contributed by atoms with Crippen molar-refractivity contribution in [1.82, 2.24) is 9.97 Å². The summed E-state index contributed by atoms with van der Waals surface area (Å²) in [7, 11) is 0. The number of carbonyl (C=O) groups is 1. The van der Waals surface area contributed by atoms with Gasteiger partial charge in [-0.15, -0.1) is 0 Å². The van der Waals surface area contributed by atoms with Crippen molar-refractivity contribution in [3.63, 3.8) is 0 Å². The number of hydrogen-bond acceptors (Lipinski definition) is 5. The van der Waals surface area contributed by atoms with Gasteiger partial charge in [-0.1, -0.05) is 44.0 Å². The second-order valence-electron chi connectivity index (χ2n) is 7.71. The Kier molecular flexibility index (Phi) is 8.16. The van der Waals surface area contributed by atoms with Crippen LogP contribution >= 0.6 is 0 Å². The first kappa shape index (κ1) is 22.5. The molecule has 0 aliphatic heterocycles. The van der Waals surface area contributed by atoms with E-state index in [-0.39, 0.29) is 11.9 Å². The minimum atomic E-state index is -0.122. The molecule has 1 atom stereocenters. The summed E-state index contributed by atoms with van der Waals surface area (Å²) in [5.74, 6) is 1.16. The number of ether oxygens (including phenoxy) is 2. The van der Waals surface area contributed by atoms with E-state index in [4.69, 9.17) is 9.47 Å². The number of rotatable bonds is 11. The average Bonchev–Trinajstić information content (AvgIpc) is 2.78. The smallest absolute Gasteiger partial charge is 0.163 e. The maximum atomic E-state index is 12.3. The standard InChI is InChI=1S/C26H30N2O3/c1-4-5-6-11-25(23-10-8-7-9-19(23)2)31-26-14-22(12-13-24(26)20(3)29)30-17-21-15-27-18-28-16-21/h7-10,12-16,18,25H,4-6,11,17H2,1-3H3. The fraction of sp³-hybridized carbons (Fsp3) is 0.346. The van der Waals surface area contributed by atoms with Crippen molar-refractivity contribution in [2.75, 3.05) is 0 Å². The molecule has 162 valence electrons. The highest BCUT2D eigenvalue weighted by molar-refractivity contribution is 5.97. The number of nitrogens with zero attached hydrogens (tertiary/aromatic N) is 2. The lowest BCUT2D eigenvalue weighted by atomic mass is 9.98. The van der Waals surface area contributed by atoms with Gasteiger partial charge in [-0.25, -0.2) is 9.97 Å². The molecule has 0 spiro atoms. The van der Waals surface area contributed by atoms with Crippen molar-refractivity contribution in [2.45, 2.75) is 59.2 Å². The van der Waals surface area contributed by atoms with Crippen LogP contribution in [-0.4, -0.2) is 15.8 Å². The van der Waals surface area contributed by atoms with E-state index in [1.807, 2.05) is 18.2 Å². The first-order valence-corrected chi connectivity index (χ1v) is 10.8. The lowest BCUT2D eigenvalue weighted by molar-refractivity contribution is 0.100. The third kappa shape index (κ3) is 6.38. The molecule has 0 aliphatic carbocycles. The second kappa shape index (κ2) is 11.3. The minimum Gasteiger partial charge on any atom is -0.489 e. The van der Waals surface area contributed by atoms with Crippen LogP contribution in [0.2, 0.25) is 0 Å². The minimum absolute atomic E-state index is 0.0323. The summed E-state index contributed by atoms with van der Waals surface area (Å²) >= 11 is 0. The largest absolute Gasteiger partial charge is 0.489 e. The van der Waals surface area contributed by atoms with Crippen molar-refractivity contribution in [1.29, 1.82) is 0 Å². The summed E-state index contributed by atoms with van der Waals surface area (Å²) in [4.78, 5) is 20.3. The summed E-state index contributed by atoms with van der Waals surface area (Å²) in [6.45, 7) is 6.19. The van der Waals surface area contributed by atoms with Crippen molar-refractivity contribution < 1.29 is 14.3 Å². The molecule has 3 aromatic rings. The van der Waals surface area contributed by atoms with Crippen LogP contribution < -0.4 is 9.47 Å². The van der Waals surface area contributed by atoms with Crippen LogP contribution in [0, 0.1) is 6.92 Å². The van der Waals surface area contributed by atoms with E-state index in [9.17, 15) is 4.79 Å². The zero-order valence-electron chi connectivity index (χ0n) is 18.5. The van der Waals surface area contributed by atoms with Crippen LogP contribution in [0.5, 0.6) is 11.5 Å². The SMILES string of the molecule is CCCCCC(Oc1cc(OCc2cncnc2)ccc1C(C)=O)c1ccccc1C. The molecule has 0 bridgehead atoms. The average molecular weight is 419 g/mol. The quantitative estimate of drug-likeness (QED) is 0.271. The maximum Gasteiger partial charge on any atom is 0.163 e. The summed E-state index contributed by atoms with van der Waals surface area (Å²) < 4.78 is 12.4. The van der Waals surface area contributed by atoms with Gasteiger partial charge in [0.2, 0.25) is 0 Å². The molecule has 0 N–H and O–H groups in total. The summed E-state index contributed by atoms with van der Waals surface area (Å²) in [6, 6.07) is 13.7. The number of aromatic nitrogens is 2. The number of benzene rings is 2. The third-order valence-electron chi connectivity index (χ3n) is 5.23. The second-order valence-corrected chi connectivity index (χ2v) is 7.71. The Labute approximate surface area is 184 Å². The van der Waals surface area contributed by atoms with E-state index in [2.05, 4.69) is 35.9 Å². The van der Waals surface area contributed by atoms with E-state index >= 15 is 0 Å². The molecule has 31 heavy (non-hydrogen) atoms. The zero-order chi connectivity index (χ0) is 22.1. The Morgan fingerprint density at radius 1 is 1.06 bits per heavy atom. The van der Waals surface area contributed by atoms with Gasteiger partial charge < -0.3 is 9.47 Å². The van der Waals surface area contributed by atoms with Crippen molar-refractivity contribution in [3.05, 3.63) is 83.4 Å². The zero-order valence-corrected chi connectivity index (χ0v) is 18.5. The highest BCUT2D eigenvalue weighted by atomic mass is 16.5. The van der Waals surface area contributed by atoms with Crippen LogP contribution in [-0.2, 0) is 6.61 Å². The van der Waals surface area contributed by atoms with Crippen LogP contribution in [0.4, 0.5) is 0 Å². The van der Waals surface area contributed by atoms with Gasteiger partial charge in [0.15, 0.2) is 5.78 Å². The molecule has 1 aromatic heterocycles. The number of carbonyl (C=O) groups excluding carboxylic acids is 1. The predicted octanol–water partition coefficient (Wildman–Crippen LogP) is 6.27. The monoisotopic (exact) mass is 418 g/mol. The fourth-order valence-electron chi connectivity index (χ4n) is 3.51. The summed E-state index contributed by atoms with van der Waals surface area (Å²) in [5, 5.41) is 0. The van der Waals surface area contributed by atoms with Gasteiger partial charge in [0.25, 0.3) is 0 Å². The molecule has 0 radical (unpaired) electrons. The van der Waals surface area contributed by atoms with Gasteiger partial charge in [-0.05, 0) is 49.9 Å². The molecule has 0 saturated carbocycles. The van der Waals surface area contributed by atoms with Gasteiger partial charge in [0, 0.05) is 24.0 Å². The van der Waals surface area contributed by atoms with Gasteiger partial charge in [-0.3, -0.25) is 4.79 Å². The van der Waals surface area contributed by atoms with Gasteiger partial charge in [0.1, 0.15) is 30.5 Å². The highest BCUT2D eigenvalue weighted by Crippen LogP contribution is 2.33. The Morgan fingerprint density at radius 3 is 2.55 bits per heavy atom. The fourth-order valence-corrected chi connectivity index (χ4v) is 3.51. The summed E-state index contributed by atoms with van der Waals surface area (Å²) in [6.07, 6.45) is 9.05. The van der Waals surface area contributed by atoms with E-state index in [0.717, 1.165) is 36.8 Å². The Bertz CT molecular complexity index is 989. The molecule has 3 rings (SSSR count). The van der Waals surface area contributed by atoms with Crippen LogP contribution in [0.1, 0.15) is 72.7 Å². The predicted molar refractivity (Wildman–Crippen MR) is 122 cm³/mol. The summed E-state index contributed by atoms with van der Waals surface area (Å²) in [5.41, 5.74) is 3.77. The van der Waals surface area contributed by atoms with E-state index in [0.29, 0.717) is 23.7 Å². The maximum absolute atomic E-state index is 12.3. The molecule has 5 heteroatoms. The van der Waals surface area contributed by atoms with Crippen molar-refractivity contribution in [2.24, 2.45) is 0 Å². The molecule has 0 amide bonds. The first-order chi connectivity index (χ1) is 15.1. The third-order valence-corrected chi connectivity index (χ3v) is 5.23. The Morgan fingerprint density at radius 2 is 1.84 bits per heavy atom. The van der Waals surface area contributed by atoms with Crippen molar-refractivity contribution in [3.8, 4) is 11.5 Å². The van der Waals surface area contributed by atoms with Gasteiger partial charge in [-0.2, -0.15) is 0 Å².